The van der Waals surface area contributed by atoms with Crippen LogP contribution in [-0.2, 0) is 0 Å². The molecule has 0 aliphatic carbocycles. The van der Waals surface area contributed by atoms with Crippen LogP contribution in [0, 0.1) is 6.92 Å². The molecule has 0 amide bonds. The summed E-state index contributed by atoms with van der Waals surface area (Å²) in [6.45, 7) is 2.13. The molecule has 0 saturated carbocycles. The Bertz CT molecular complexity index is 1820. The lowest BCUT2D eigenvalue weighted by Crippen LogP contribution is -1.93. The highest BCUT2D eigenvalue weighted by molar-refractivity contribution is 6.10. The standard InChI is InChI=1S/C32H22N2O/c1-21-7-6-8-23(19-21)22-13-16-25(17-14-22)34-29-11-4-2-9-26(29)27-20-24(15-18-30(27)34)32-33-28-10-3-5-12-31(28)35-32/h2-20H,1H3. The van der Waals surface area contributed by atoms with Gasteiger partial charge in [-0.05, 0) is 66.6 Å². The molecule has 0 atom stereocenters. The molecule has 3 heteroatoms. The highest BCUT2D eigenvalue weighted by Gasteiger charge is 2.15. The highest BCUT2D eigenvalue weighted by Crippen LogP contribution is 2.35. The van der Waals surface area contributed by atoms with Gasteiger partial charge in [-0.15, -0.1) is 0 Å². The molecule has 7 aromatic rings. The van der Waals surface area contributed by atoms with E-state index in [1.165, 1.54) is 33.0 Å². The number of aryl methyl sites for hydroxylation is 1. The molecule has 0 radical (unpaired) electrons. The number of nitrogens with zero attached hydrogens (tertiary/aromatic N) is 2. The van der Waals surface area contributed by atoms with Crippen molar-refractivity contribution in [3.8, 4) is 28.3 Å². The Labute approximate surface area is 202 Å². The van der Waals surface area contributed by atoms with Gasteiger partial charge in [0.1, 0.15) is 5.52 Å². The lowest BCUT2D eigenvalue weighted by molar-refractivity contribution is 0.620. The van der Waals surface area contributed by atoms with Crippen LogP contribution in [0.25, 0.3) is 61.2 Å². The van der Waals surface area contributed by atoms with E-state index in [0.29, 0.717) is 5.89 Å². The summed E-state index contributed by atoms with van der Waals surface area (Å²) in [6.07, 6.45) is 0. The zero-order chi connectivity index (χ0) is 23.4. The van der Waals surface area contributed by atoms with Crippen molar-refractivity contribution >= 4 is 32.9 Å². The molecule has 0 bridgehead atoms. The van der Waals surface area contributed by atoms with E-state index in [4.69, 9.17) is 9.40 Å². The molecule has 35 heavy (non-hydrogen) atoms. The topological polar surface area (TPSA) is 31.0 Å². The summed E-state index contributed by atoms with van der Waals surface area (Å²) >= 11 is 0. The van der Waals surface area contributed by atoms with Crippen molar-refractivity contribution in [2.24, 2.45) is 0 Å². The van der Waals surface area contributed by atoms with Gasteiger partial charge in [0, 0.05) is 22.0 Å². The highest BCUT2D eigenvalue weighted by atomic mass is 16.3. The lowest BCUT2D eigenvalue weighted by Gasteiger charge is -2.10. The SMILES string of the molecule is Cc1cccc(-c2ccc(-n3c4ccccc4c4cc(-c5nc6ccccc6o5)ccc43)cc2)c1. The van der Waals surface area contributed by atoms with Crippen molar-refractivity contribution < 1.29 is 4.42 Å². The molecule has 0 unspecified atom stereocenters. The molecule has 0 saturated heterocycles. The Hall–Kier alpha value is -4.63. The van der Waals surface area contributed by atoms with Crippen LogP contribution in [0.5, 0.6) is 0 Å². The molecule has 7 rings (SSSR count). The van der Waals surface area contributed by atoms with Gasteiger partial charge >= 0.3 is 0 Å². The predicted octanol–water partition coefficient (Wildman–Crippen LogP) is 8.57. The summed E-state index contributed by atoms with van der Waals surface area (Å²) in [6, 6.07) is 40.4. The fourth-order valence-corrected chi connectivity index (χ4v) is 5.01. The zero-order valence-corrected chi connectivity index (χ0v) is 19.3. The summed E-state index contributed by atoms with van der Waals surface area (Å²) in [5.74, 6) is 0.646. The van der Waals surface area contributed by atoms with Gasteiger partial charge in [-0.25, -0.2) is 4.98 Å². The normalized spacial score (nSPS) is 11.6. The number of para-hydroxylation sites is 3. The number of rotatable bonds is 3. The first-order chi connectivity index (χ1) is 17.2. The predicted molar refractivity (Wildman–Crippen MR) is 144 cm³/mol. The van der Waals surface area contributed by atoms with Crippen LogP contribution in [0.15, 0.2) is 120 Å². The second-order valence-corrected chi connectivity index (χ2v) is 8.99. The van der Waals surface area contributed by atoms with Crippen LogP contribution in [0.2, 0.25) is 0 Å². The van der Waals surface area contributed by atoms with Gasteiger partial charge in [0.2, 0.25) is 5.89 Å². The van der Waals surface area contributed by atoms with Crippen LogP contribution in [0.1, 0.15) is 5.56 Å². The third kappa shape index (κ3) is 3.24. The van der Waals surface area contributed by atoms with Crippen molar-refractivity contribution in [3.63, 3.8) is 0 Å². The van der Waals surface area contributed by atoms with Gasteiger partial charge in [0.05, 0.1) is 11.0 Å². The largest absolute Gasteiger partial charge is 0.436 e. The fraction of sp³-hybridized carbons (Fsp3) is 0.0312. The van der Waals surface area contributed by atoms with Crippen LogP contribution in [0.4, 0.5) is 0 Å². The third-order valence-corrected chi connectivity index (χ3v) is 6.69. The summed E-state index contributed by atoms with van der Waals surface area (Å²) in [4.78, 5) is 4.71. The van der Waals surface area contributed by atoms with Gasteiger partial charge in [-0.2, -0.15) is 0 Å². The Morgan fingerprint density at radius 3 is 2.23 bits per heavy atom. The second-order valence-electron chi connectivity index (χ2n) is 8.99. The lowest BCUT2D eigenvalue weighted by atomic mass is 10.0. The van der Waals surface area contributed by atoms with Gasteiger partial charge in [-0.3, -0.25) is 0 Å². The van der Waals surface area contributed by atoms with Crippen molar-refractivity contribution in [1.29, 1.82) is 0 Å². The molecule has 0 N–H and O–H groups in total. The molecular formula is C32H22N2O. The Kier molecular flexibility index (Phi) is 4.36. The summed E-state index contributed by atoms with van der Waals surface area (Å²) in [5.41, 5.74) is 9.86. The average Bonchev–Trinajstić information content (AvgIpc) is 3.48. The van der Waals surface area contributed by atoms with Crippen molar-refractivity contribution in [1.82, 2.24) is 9.55 Å². The second kappa shape index (κ2) is 7.71. The molecule has 0 aliphatic rings. The molecule has 2 heterocycles. The van der Waals surface area contributed by atoms with Crippen LogP contribution in [0.3, 0.4) is 0 Å². The third-order valence-electron chi connectivity index (χ3n) is 6.69. The average molecular weight is 451 g/mol. The first-order valence-corrected chi connectivity index (χ1v) is 11.8. The van der Waals surface area contributed by atoms with E-state index in [1.807, 2.05) is 24.3 Å². The molecule has 2 aromatic heterocycles. The van der Waals surface area contributed by atoms with E-state index < -0.39 is 0 Å². The quantitative estimate of drug-likeness (QED) is 0.270. The minimum absolute atomic E-state index is 0.646. The van der Waals surface area contributed by atoms with Crippen LogP contribution >= 0.6 is 0 Å². The maximum atomic E-state index is 6.05. The van der Waals surface area contributed by atoms with Crippen molar-refractivity contribution in [3.05, 3.63) is 121 Å². The summed E-state index contributed by atoms with van der Waals surface area (Å²) in [5, 5.41) is 2.39. The van der Waals surface area contributed by atoms with Crippen LogP contribution in [-0.4, -0.2) is 9.55 Å². The minimum atomic E-state index is 0.646. The van der Waals surface area contributed by atoms with E-state index >= 15 is 0 Å². The molecule has 166 valence electrons. The van der Waals surface area contributed by atoms with E-state index in [0.717, 1.165) is 27.9 Å². The maximum Gasteiger partial charge on any atom is 0.227 e. The van der Waals surface area contributed by atoms with Gasteiger partial charge in [-0.1, -0.05) is 72.3 Å². The number of hydrogen-bond acceptors (Lipinski definition) is 2. The summed E-state index contributed by atoms with van der Waals surface area (Å²) in [7, 11) is 0. The Morgan fingerprint density at radius 2 is 1.37 bits per heavy atom. The van der Waals surface area contributed by atoms with Gasteiger partial charge < -0.3 is 8.98 Å². The minimum Gasteiger partial charge on any atom is -0.436 e. The monoisotopic (exact) mass is 450 g/mol. The molecule has 0 aliphatic heterocycles. The maximum absolute atomic E-state index is 6.05. The number of aromatic nitrogens is 2. The van der Waals surface area contributed by atoms with Gasteiger partial charge in [0.15, 0.2) is 5.58 Å². The molecule has 5 aromatic carbocycles. The number of oxazole rings is 1. The molecular weight excluding hydrogens is 428 g/mol. The summed E-state index contributed by atoms with van der Waals surface area (Å²) < 4.78 is 8.39. The molecule has 0 fully saturated rings. The smallest absolute Gasteiger partial charge is 0.227 e. The number of hydrogen-bond donors (Lipinski definition) is 0. The van der Waals surface area contributed by atoms with Crippen LogP contribution < -0.4 is 0 Å². The van der Waals surface area contributed by atoms with E-state index in [9.17, 15) is 0 Å². The van der Waals surface area contributed by atoms with E-state index in [1.54, 1.807) is 0 Å². The fourth-order valence-electron chi connectivity index (χ4n) is 5.01. The van der Waals surface area contributed by atoms with E-state index in [-0.39, 0.29) is 0 Å². The Morgan fingerprint density at radius 1 is 0.600 bits per heavy atom. The van der Waals surface area contributed by atoms with Gasteiger partial charge in [0.25, 0.3) is 0 Å². The number of fused-ring (bicyclic) bond motifs is 4. The zero-order valence-electron chi connectivity index (χ0n) is 19.3. The first kappa shape index (κ1) is 19.8. The molecule has 3 nitrogen and oxygen atoms in total. The van der Waals surface area contributed by atoms with Crippen molar-refractivity contribution in [2.75, 3.05) is 0 Å². The van der Waals surface area contributed by atoms with E-state index in [2.05, 4.69) is 102 Å². The first-order valence-electron chi connectivity index (χ1n) is 11.8. The Balaban J connectivity index is 1.39. The number of benzene rings is 5. The van der Waals surface area contributed by atoms with Crippen molar-refractivity contribution in [2.45, 2.75) is 6.92 Å². The molecule has 0 spiro atoms.